The number of epoxide rings is 1. The minimum absolute atomic E-state index is 0.110. The fourth-order valence-corrected chi connectivity index (χ4v) is 6.27. The summed E-state index contributed by atoms with van der Waals surface area (Å²) >= 11 is 0. The van der Waals surface area contributed by atoms with E-state index in [9.17, 15) is 10.2 Å². The molecule has 3 heterocycles. The van der Waals surface area contributed by atoms with Crippen molar-refractivity contribution in [2.24, 2.45) is 5.92 Å². The zero-order valence-corrected chi connectivity index (χ0v) is 13.4. The molecule has 0 amide bonds. The molecule has 126 valence electrons. The van der Waals surface area contributed by atoms with Crippen LogP contribution in [0.25, 0.3) is 0 Å². The van der Waals surface area contributed by atoms with Gasteiger partial charge in [-0.15, -0.1) is 6.58 Å². The Hall–Kier alpha value is -1.56. The Kier molecular flexibility index (Phi) is 2.37. The fraction of sp³-hybridized carbons (Fsp3) is 0.579. The Labute approximate surface area is 140 Å². The van der Waals surface area contributed by atoms with Crippen molar-refractivity contribution in [3.05, 3.63) is 35.9 Å². The van der Waals surface area contributed by atoms with Crippen molar-refractivity contribution in [1.82, 2.24) is 4.90 Å². The summed E-state index contributed by atoms with van der Waals surface area (Å²) in [5.74, 6) is 1.13. The molecule has 3 fully saturated rings. The third kappa shape index (κ3) is 1.32. The summed E-state index contributed by atoms with van der Waals surface area (Å²) < 4.78 is 12.1. The van der Waals surface area contributed by atoms with Crippen molar-refractivity contribution in [3.63, 3.8) is 0 Å². The van der Waals surface area contributed by atoms with E-state index >= 15 is 0 Å². The largest absolute Gasteiger partial charge is 0.504 e. The molecule has 1 spiro atoms. The van der Waals surface area contributed by atoms with Gasteiger partial charge in [0.15, 0.2) is 11.5 Å². The lowest BCUT2D eigenvalue weighted by Gasteiger charge is -2.57. The summed E-state index contributed by atoms with van der Waals surface area (Å²) in [5.41, 5.74) is 2.19. The van der Waals surface area contributed by atoms with E-state index in [2.05, 4.69) is 11.5 Å². The first-order valence-electron chi connectivity index (χ1n) is 8.87. The van der Waals surface area contributed by atoms with Crippen molar-refractivity contribution in [2.75, 3.05) is 13.1 Å². The van der Waals surface area contributed by atoms with Gasteiger partial charge >= 0.3 is 0 Å². The maximum Gasteiger partial charge on any atom is 0.165 e. The molecule has 1 saturated carbocycles. The van der Waals surface area contributed by atoms with Gasteiger partial charge in [0.2, 0.25) is 0 Å². The molecule has 2 N–H and O–H groups in total. The number of aliphatic hydroxyl groups excluding tert-OH is 1. The standard InChI is InChI=1S/C19H21NO4/c1-2-6-20-7-5-19-12-9-3-4-11(21)15(12)24-18(19)14(22)17-16(23-17)13(19)10(20)8-9/h2-4,10,13-14,16-18,21-22H,1,5-8H2/t10-,13-,14+,16?,17?,18+,19-/m1/s1. The first kappa shape index (κ1) is 13.7. The molecule has 1 aromatic rings. The van der Waals surface area contributed by atoms with Gasteiger partial charge in [0.1, 0.15) is 18.3 Å². The Balaban J connectivity index is 1.61. The van der Waals surface area contributed by atoms with Gasteiger partial charge in [-0.25, -0.2) is 0 Å². The third-order valence-corrected chi connectivity index (χ3v) is 7.09. The molecule has 7 atom stereocenters. The molecule has 5 heteroatoms. The number of hydrogen-bond acceptors (Lipinski definition) is 5. The van der Waals surface area contributed by atoms with Gasteiger partial charge in [-0.05, 0) is 31.0 Å². The number of piperidine rings is 1. The number of rotatable bonds is 2. The second-order valence-electron chi connectivity index (χ2n) is 7.91. The topological polar surface area (TPSA) is 65.5 Å². The number of nitrogens with zero attached hydrogens (tertiary/aromatic N) is 1. The van der Waals surface area contributed by atoms with Gasteiger partial charge < -0.3 is 19.7 Å². The predicted octanol–water partition coefficient (Wildman–Crippen LogP) is 0.966. The van der Waals surface area contributed by atoms with E-state index in [4.69, 9.17) is 9.47 Å². The number of hydrogen-bond donors (Lipinski definition) is 2. The van der Waals surface area contributed by atoms with E-state index in [1.165, 1.54) is 5.56 Å². The fourth-order valence-electron chi connectivity index (χ4n) is 6.27. The minimum atomic E-state index is -0.615. The van der Waals surface area contributed by atoms with Crippen LogP contribution in [0.3, 0.4) is 0 Å². The van der Waals surface area contributed by atoms with Crippen LogP contribution >= 0.6 is 0 Å². The van der Waals surface area contributed by atoms with Crippen LogP contribution in [0, 0.1) is 5.92 Å². The summed E-state index contributed by atoms with van der Waals surface area (Å²) in [7, 11) is 0. The van der Waals surface area contributed by atoms with Crippen LogP contribution in [-0.4, -0.2) is 58.7 Å². The predicted molar refractivity (Wildman–Crippen MR) is 86.2 cm³/mol. The van der Waals surface area contributed by atoms with Crippen molar-refractivity contribution < 1.29 is 19.7 Å². The van der Waals surface area contributed by atoms with Crippen LogP contribution in [0.2, 0.25) is 0 Å². The van der Waals surface area contributed by atoms with Crippen LogP contribution in [0.5, 0.6) is 11.5 Å². The summed E-state index contributed by atoms with van der Waals surface area (Å²) in [6, 6.07) is 4.15. The number of phenols is 1. The Morgan fingerprint density at radius 3 is 3.08 bits per heavy atom. The van der Waals surface area contributed by atoms with E-state index in [-0.39, 0.29) is 29.5 Å². The average molecular weight is 327 g/mol. The van der Waals surface area contributed by atoms with Crippen molar-refractivity contribution in [1.29, 1.82) is 0 Å². The quantitative estimate of drug-likeness (QED) is 0.626. The Bertz CT molecular complexity index is 764. The number of ether oxygens (including phenoxy) is 2. The van der Waals surface area contributed by atoms with Gasteiger partial charge in [-0.2, -0.15) is 0 Å². The molecule has 0 aromatic heterocycles. The van der Waals surface area contributed by atoms with Crippen LogP contribution in [0.1, 0.15) is 17.5 Å². The average Bonchev–Trinajstić information content (AvgIpc) is 3.29. The molecule has 6 rings (SSSR count). The third-order valence-electron chi connectivity index (χ3n) is 7.09. The maximum atomic E-state index is 10.8. The van der Waals surface area contributed by atoms with Gasteiger partial charge in [-0.1, -0.05) is 12.1 Å². The molecule has 3 aliphatic heterocycles. The van der Waals surface area contributed by atoms with Crippen LogP contribution in [-0.2, 0) is 16.6 Å². The highest BCUT2D eigenvalue weighted by atomic mass is 16.6. The van der Waals surface area contributed by atoms with Crippen molar-refractivity contribution >= 4 is 0 Å². The summed E-state index contributed by atoms with van der Waals surface area (Å²) in [5, 5.41) is 21.1. The number of benzene rings is 1. The molecule has 2 aliphatic carbocycles. The molecule has 5 nitrogen and oxygen atoms in total. The normalized spacial score (nSPS) is 46.7. The number of likely N-dealkylation sites (tertiary alicyclic amines) is 1. The second kappa shape index (κ2) is 4.15. The van der Waals surface area contributed by atoms with Gasteiger partial charge in [-0.3, -0.25) is 4.90 Å². The monoisotopic (exact) mass is 327 g/mol. The zero-order chi connectivity index (χ0) is 16.2. The lowest BCUT2D eigenvalue weighted by Crippen LogP contribution is -2.69. The van der Waals surface area contributed by atoms with E-state index < -0.39 is 6.10 Å². The Morgan fingerprint density at radius 2 is 2.25 bits per heavy atom. The van der Waals surface area contributed by atoms with Crippen molar-refractivity contribution in [3.8, 4) is 11.5 Å². The highest BCUT2D eigenvalue weighted by Gasteiger charge is 2.75. The molecular weight excluding hydrogens is 306 g/mol. The van der Waals surface area contributed by atoms with E-state index in [1.807, 2.05) is 12.1 Å². The highest BCUT2D eigenvalue weighted by molar-refractivity contribution is 5.61. The van der Waals surface area contributed by atoms with E-state index in [1.54, 1.807) is 6.07 Å². The number of fused-ring (bicyclic) bond motifs is 1. The molecule has 1 aromatic carbocycles. The summed E-state index contributed by atoms with van der Waals surface area (Å²) in [4.78, 5) is 2.50. The first-order valence-corrected chi connectivity index (χ1v) is 8.87. The first-order chi connectivity index (χ1) is 11.7. The summed E-state index contributed by atoms with van der Waals surface area (Å²) in [6.45, 7) is 5.76. The number of aliphatic hydroxyl groups is 1. The van der Waals surface area contributed by atoms with E-state index in [0.717, 1.165) is 31.5 Å². The Morgan fingerprint density at radius 1 is 1.38 bits per heavy atom. The molecule has 24 heavy (non-hydrogen) atoms. The van der Waals surface area contributed by atoms with Crippen LogP contribution < -0.4 is 4.74 Å². The molecule has 5 aliphatic rings. The highest BCUT2D eigenvalue weighted by Crippen LogP contribution is 2.66. The molecule has 2 bridgehead atoms. The summed E-state index contributed by atoms with van der Waals surface area (Å²) in [6.07, 6.45) is 2.93. The number of aromatic hydroxyl groups is 1. The van der Waals surface area contributed by atoms with Crippen LogP contribution in [0.15, 0.2) is 24.8 Å². The minimum Gasteiger partial charge on any atom is -0.504 e. The number of phenolic OH excluding ortho intramolecular Hbond substituents is 1. The second-order valence-corrected chi connectivity index (χ2v) is 7.91. The SMILES string of the molecule is C=CCN1CC[C@]23c4c5ccc(O)c4O[C@H]2[C@@H](O)C2OC2[C@H]3[C@H]1C5. The van der Waals surface area contributed by atoms with Gasteiger partial charge in [0.25, 0.3) is 0 Å². The lowest BCUT2D eigenvalue weighted by molar-refractivity contribution is -0.0866. The molecule has 2 saturated heterocycles. The van der Waals surface area contributed by atoms with Gasteiger partial charge in [0, 0.05) is 29.5 Å². The van der Waals surface area contributed by atoms with E-state index in [0.29, 0.717) is 17.7 Å². The maximum absolute atomic E-state index is 10.8. The lowest BCUT2D eigenvalue weighted by atomic mass is 9.51. The van der Waals surface area contributed by atoms with Crippen LogP contribution in [0.4, 0.5) is 0 Å². The molecular formula is C19H21NO4. The van der Waals surface area contributed by atoms with Crippen molar-refractivity contribution in [2.45, 2.75) is 48.7 Å². The molecule has 0 radical (unpaired) electrons. The smallest absolute Gasteiger partial charge is 0.165 e. The van der Waals surface area contributed by atoms with Gasteiger partial charge in [0.05, 0.1) is 6.10 Å². The molecule has 2 unspecified atom stereocenters. The zero-order valence-electron chi connectivity index (χ0n) is 13.4.